The van der Waals surface area contributed by atoms with E-state index in [1.165, 1.54) is 0 Å². The van der Waals surface area contributed by atoms with E-state index in [0.717, 1.165) is 11.3 Å². The molecule has 0 radical (unpaired) electrons. The van der Waals surface area contributed by atoms with E-state index in [-0.39, 0.29) is 12.1 Å². The first-order valence-corrected chi connectivity index (χ1v) is 6.62. The average Bonchev–Trinajstić information content (AvgIpc) is 2.69. The van der Waals surface area contributed by atoms with E-state index >= 15 is 0 Å². The molecule has 1 aromatic heterocycles. The van der Waals surface area contributed by atoms with Gasteiger partial charge in [-0.05, 0) is 33.9 Å². The van der Waals surface area contributed by atoms with Gasteiger partial charge in [0.1, 0.15) is 5.76 Å². The van der Waals surface area contributed by atoms with Crippen LogP contribution in [0, 0.1) is 0 Å². The molecule has 20 heavy (non-hydrogen) atoms. The Morgan fingerprint density at radius 1 is 1.25 bits per heavy atom. The zero-order valence-electron chi connectivity index (χ0n) is 12.5. The SMILES string of the molecule is CN(CCC(F)(F)F)Cc1ccoc1CNC(C)(C)C. The van der Waals surface area contributed by atoms with Gasteiger partial charge < -0.3 is 14.6 Å². The number of halogens is 3. The van der Waals surface area contributed by atoms with Crippen molar-refractivity contribution in [3.05, 3.63) is 23.7 Å². The van der Waals surface area contributed by atoms with E-state index in [1.54, 1.807) is 18.2 Å². The maximum atomic E-state index is 12.2. The lowest BCUT2D eigenvalue weighted by molar-refractivity contribution is -0.137. The van der Waals surface area contributed by atoms with Gasteiger partial charge in [0, 0.05) is 24.2 Å². The number of rotatable bonds is 6. The van der Waals surface area contributed by atoms with Crippen molar-refractivity contribution < 1.29 is 17.6 Å². The van der Waals surface area contributed by atoms with E-state index in [2.05, 4.69) is 5.32 Å². The molecule has 0 aliphatic heterocycles. The predicted molar refractivity (Wildman–Crippen MR) is 72.3 cm³/mol. The van der Waals surface area contributed by atoms with E-state index in [4.69, 9.17) is 4.42 Å². The molecule has 1 rings (SSSR count). The molecule has 1 heterocycles. The molecular weight excluding hydrogens is 269 g/mol. The van der Waals surface area contributed by atoms with Crippen molar-refractivity contribution in [3.63, 3.8) is 0 Å². The number of hydrogen-bond acceptors (Lipinski definition) is 3. The van der Waals surface area contributed by atoms with Gasteiger partial charge in [0.15, 0.2) is 0 Å². The summed E-state index contributed by atoms with van der Waals surface area (Å²) in [7, 11) is 1.68. The molecule has 0 aromatic carbocycles. The number of nitrogens with zero attached hydrogens (tertiary/aromatic N) is 1. The van der Waals surface area contributed by atoms with Gasteiger partial charge in [-0.15, -0.1) is 0 Å². The van der Waals surface area contributed by atoms with Crippen molar-refractivity contribution in [2.45, 2.75) is 52.0 Å². The quantitative estimate of drug-likeness (QED) is 0.869. The van der Waals surface area contributed by atoms with Crippen molar-refractivity contribution in [2.24, 2.45) is 0 Å². The summed E-state index contributed by atoms with van der Waals surface area (Å²) in [5.74, 6) is 0.777. The minimum Gasteiger partial charge on any atom is -0.468 e. The third-order valence-corrected chi connectivity index (χ3v) is 2.83. The minimum absolute atomic E-state index is 0.0131. The summed E-state index contributed by atoms with van der Waals surface area (Å²) in [6.45, 7) is 7.15. The van der Waals surface area contributed by atoms with Crippen LogP contribution in [0.25, 0.3) is 0 Å². The van der Waals surface area contributed by atoms with Crippen molar-refractivity contribution in [2.75, 3.05) is 13.6 Å². The summed E-state index contributed by atoms with van der Waals surface area (Å²) in [4.78, 5) is 1.65. The molecule has 0 unspecified atom stereocenters. The van der Waals surface area contributed by atoms with Gasteiger partial charge in [0.25, 0.3) is 0 Å². The van der Waals surface area contributed by atoms with Crippen molar-refractivity contribution in [1.82, 2.24) is 10.2 Å². The fraction of sp³-hybridized carbons (Fsp3) is 0.714. The molecule has 0 atom stereocenters. The fourth-order valence-electron chi connectivity index (χ4n) is 1.70. The third-order valence-electron chi connectivity index (χ3n) is 2.83. The van der Waals surface area contributed by atoms with E-state index in [0.29, 0.717) is 13.1 Å². The monoisotopic (exact) mass is 292 g/mol. The Morgan fingerprint density at radius 2 is 1.90 bits per heavy atom. The lowest BCUT2D eigenvalue weighted by Crippen LogP contribution is -2.35. The third kappa shape index (κ3) is 6.96. The highest BCUT2D eigenvalue weighted by atomic mass is 19.4. The molecule has 0 bridgehead atoms. The highest BCUT2D eigenvalue weighted by Crippen LogP contribution is 2.20. The Bertz CT molecular complexity index is 407. The van der Waals surface area contributed by atoms with Crippen LogP contribution in [0.2, 0.25) is 0 Å². The highest BCUT2D eigenvalue weighted by molar-refractivity contribution is 5.17. The van der Waals surface area contributed by atoms with Crippen LogP contribution in [0.1, 0.15) is 38.5 Å². The van der Waals surface area contributed by atoms with Crippen LogP contribution in [0.5, 0.6) is 0 Å². The average molecular weight is 292 g/mol. The number of furan rings is 1. The summed E-state index contributed by atoms with van der Waals surface area (Å²) in [6.07, 6.45) is -3.33. The van der Waals surface area contributed by atoms with Crippen molar-refractivity contribution in [3.8, 4) is 0 Å². The molecule has 0 aliphatic carbocycles. The highest BCUT2D eigenvalue weighted by Gasteiger charge is 2.27. The standard InChI is InChI=1S/C14H23F3N2O/c1-13(2,3)18-9-12-11(5-8-20-12)10-19(4)7-6-14(15,16)17/h5,8,18H,6-7,9-10H2,1-4H3. The van der Waals surface area contributed by atoms with E-state index in [9.17, 15) is 13.2 Å². The molecule has 0 saturated heterocycles. The molecule has 0 saturated carbocycles. The van der Waals surface area contributed by atoms with Crippen molar-refractivity contribution in [1.29, 1.82) is 0 Å². The van der Waals surface area contributed by atoms with Crippen LogP contribution >= 0.6 is 0 Å². The van der Waals surface area contributed by atoms with Gasteiger partial charge in [-0.1, -0.05) is 0 Å². The molecule has 6 heteroatoms. The van der Waals surface area contributed by atoms with Crippen LogP contribution < -0.4 is 5.32 Å². The smallest absolute Gasteiger partial charge is 0.390 e. The zero-order chi connectivity index (χ0) is 15.4. The number of nitrogens with one attached hydrogen (secondary N) is 1. The molecule has 0 amide bonds. The predicted octanol–water partition coefficient (Wildman–Crippen LogP) is 3.55. The normalized spacial score (nSPS) is 13.2. The summed E-state index contributed by atoms with van der Waals surface area (Å²) in [5.41, 5.74) is 0.887. The van der Waals surface area contributed by atoms with Crippen LogP contribution in [0.3, 0.4) is 0 Å². The molecule has 3 nitrogen and oxygen atoms in total. The second-order valence-electron chi connectivity index (χ2n) is 6.08. The first kappa shape index (κ1) is 17.0. The maximum Gasteiger partial charge on any atom is 0.390 e. The van der Waals surface area contributed by atoms with E-state index < -0.39 is 12.6 Å². The lowest BCUT2D eigenvalue weighted by atomic mass is 10.1. The number of alkyl halides is 3. The second-order valence-corrected chi connectivity index (χ2v) is 6.08. The Hall–Kier alpha value is -1.01. The fourth-order valence-corrected chi connectivity index (χ4v) is 1.70. The second kappa shape index (κ2) is 6.63. The first-order valence-electron chi connectivity index (χ1n) is 6.62. The van der Waals surface area contributed by atoms with Gasteiger partial charge in [-0.3, -0.25) is 0 Å². The zero-order valence-corrected chi connectivity index (χ0v) is 12.5. The summed E-state index contributed by atoms with van der Waals surface area (Å²) >= 11 is 0. The van der Waals surface area contributed by atoms with Crippen molar-refractivity contribution >= 4 is 0 Å². The van der Waals surface area contributed by atoms with Gasteiger partial charge in [0.2, 0.25) is 0 Å². The summed E-state index contributed by atoms with van der Waals surface area (Å²) < 4.78 is 41.9. The molecule has 0 spiro atoms. The summed E-state index contributed by atoms with van der Waals surface area (Å²) in [6, 6.07) is 1.81. The molecule has 0 aliphatic rings. The van der Waals surface area contributed by atoms with E-state index in [1.807, 2.05) is 26.8 Å². The van der Waals surface area contributed by atoms with Gasteiger partial charge in [0.05, 0.1) is 19.2 Å². The Balaban J connectivity index is 2.50. The topological polar surface area (TPSA) is 28.4 Å². The van der Waals surface area contributed by atoms with Gasteiger partial charge >= 0.3 is 6.18 Å². The van der Waals surface area contributed by atoms with Crippen LogP contribution in [0.15, 0.2) is 16.7 Å². The lowest BCUT2D eigenvalue weighted by Gasteiger charge is -2.21. The molecule has 0 fully saturated rings. The summed E-state index contributed by atoms with van der Waals surface area (Å²) in [5, 5.41) is 3.30. The van der Waals surface area contributed by atoms with Gasteiger partial charge in [-0.25, -0.2) is 0 Å². The Labute approximate surface area is 118 Å². The van der Waals surface area contributed by atoms with Crippen LogP contribution in [0.4, 0.5) is 13.2 Å². The Morgan fingerprint density at radius 3 is 2.45 bits per heavy atom. The van der Waals surface area contributed by atoms with Gasteiger partial charge in [-0.2, -0.15) is 13.2 Å². The molecular formula is C14H23F3N2O. The first-order chi connectivity index (χ1) is 9.07. The minimum atomic E-state index is -4.11. The largest absolute Gasteiger partial charge is 0.468 e. The molecule has 116 valence electrons. The molecule has 1 N–H and O–H groups in total. The number of hydrogen-bond donors (Lipinski definition) is 1. The maximum absolute atomic E-state index is 12.2. The van der Waals surface area contributed by atoms with Crippen LogP contribution in [-0.4, -0.2) is 30.2 Å². The Kier molecular flexibility index (Phi) is 5.65. The molecule has 1 aromatic rings. The van der Waals surface area contributed by atoms with Crippen LogP contribution in [-0.2, 0) is 13.1 Å².